The molecule has 1 aromatic heterocycles. The van der Waals surface area contributed by atoms with Crippen LogP contribution < -0.4 is 0 Å². The third-order valence-corrected chi connectivity index (χ3v) is 4.03. The number of rotatable bonds is 5. The highest BCUT2D eigenvalue weighted by Gasteiger charge is 2.10. The predicted molar refractivity (Wildman–Crippen MR) is 81.1 cm³/mol. The van der Waals surface area contributed by atoms with Crippen LogP contribution in [0.1, 0.15) is 31.2 Å². The highest BCUT2D eigenvalue weighted by molar-refractivity contribution is 7.07. The number of nitrogens with zero attached hydrogens (tertiary/aromatic N) is 1. The maximum Gasteiger partial charge on any atom is 0.310 e. The van der Waals surface area contributed by atoms with Gasteiger partial charge in [-0.25, -0.2) is 0 Å². The number of likely N-dealkylation sites (tertiary alicyclic amines) is 1. The molecule has 0 radical (unpaired) electrons. The van der Waals surface area contributed by atoms with Crippen LogP contribution in [0.2, 0.25) is 0 Å². The first-order valence-electron chi connectivity index (χ1n) is 6.73. The van der Waals surface area contributed by atoms with Crippen LogP contribution in [0.25, 0.3) is 0 Å². The van der Waals surface area contributed by atoms with Crippen LogP contribution in [0.4, 0.5) is 0 Å². The quantitative estimate of drug-likeness (QED) is 0.783. The summed E-state index contributed by atoms with van der Waals surface area (Å²) in [5, 5.41) is 3.98. The summed E-state index contributed by atoms with van der Waals surface area (Å²) >= 11 is 1.61. The van der Waals surface area contributed by atoms with Crippen LogP contribution in [-0.4, -0.2) is 37.1 Å². The standard InChI is InChI=1S/C14H21NO2S.ClH/c16-14(11-13-5-10-18-12-13)17-9-8-15-6-3-1-2-4-7-15;/h5,10,12H,1-4,6-9,11H2;1H. The van der Waals surface area contributed by atoms with Crippen LogP contribution in [0.3, 0.4) is 0 Å². The summed E-state index contributed by atoms with van der Waals surface area (Å²) in [6, 6.07) is 1.97. The van der Waals surface area contributed by atoms with Crippen molar-refractivity contribution < 1.29 is 9.53 Å². The molecule has 0 amide bonds. The van der Waals surface area contributed by atoms with E-state index in [1.54, 1.807) is 11.3 Å². The third-order valence-electron chi connectivity index (χ3n) is 3.30. The molecule has 2 heterocycles. The molecule has 1 aliphatic rings. The molecule has 0 unspecified atom stereocenters. The normalized spacial score (nSPS) is 16.4. The van der Waals surface area contributed by atoms with Crippen molar-refractivity contribution in [2.75, 3.05) is 26.2 Å². The van der Waals surface area contributed by atoms with E-state index in [2.05, 4.69) is 4.90 Å². The SMILES string of the molecule is Cl.O=C(Cc1ccsc1)OCCN1CCCCCC1. The minimum absolute atomic E-state index is 0. The summed E-state index contributed by atoms with van der Waals surface area (Å²) in [7, 11) is 0. The second kappa shape index (κ2) is 9.34. The molecule has 1 aliphatic heterocycles. The number of ether oxygens (including phenoxy) is 1. The van der Waals surface area contributed by atoms with E-state index < -0.39 is 0 Å². The molecule has 0 aromatic carbocycles. The molecule has 0 aliphatic carbocycles. The molecule has 1 aromatic rings. The largest absolute Gasteiger partial charge is 0.464 e. The fraction of sp³-hybridized carbons (Fsp3) is 0.643. The van der Waals surface area contributed by atoms with Crippen molar-refractivity contribution >= 4 is 29.7 Å². The first-order valence-corrected chi connectivity index (χ1v) is 7.68. The fourth-order valence-electron chi connectivity index (χ4n) is 2.26. The van der Waals surface area contributed by atoms with Crippen molar-refractivity contribution in [3.05, 3.63) is 22.4 Å². The molecule has 0 saturated carbocycles. The van der Waals surface area contributed by atoms with Gasteiger partial charge in [0.2, 0.25) is 0 Å². The molecule has 5 heteroatoms. The van der Waals surface area contributed by atoms with Gasteiger partial charge >= 0.3 is 5.97 Å². The number of thiophene rings is 1. The van der Waals surface area contributed by atoms with Gasteiger partial charge < -0.3 is 4.74 Å². The Hall–Kier alpha value is -0.580. The van der Waals surface area contributed by atoms with Gasteiger partial charge in [-0.05, 0) is 48.3 Å². The molecular formula is C14H22ClNO2S. The monoisotopic (exact) mass is 303 g/mol. The number of halogens is 1. The highest BCUT2D eigenvalue weighted by atomic mass is 35.5. The van der Waals surface area contributed by atoms with E-state index in [4.69, 9.17) is 4.74 Å². The number of hydrogen-bond acceptors (Lipinski definition) is 4. The van der Waals surface area contributed by atoms with Gasteiger partial charge in [0.15, 0.2) is 0 Å². The van der Waals surface area contributed by atoms with E-state index >= 15 is 0 Å². The van der Waals surface area contributed by atoms with Crippen LogP contribution in [-0.2, 0) is 16.0 Å². The summed E-state index contributed by atoms with van der Waals surface area (Å²) in [6.45, 7) is 3.72. The molecule has 3 nitrogen and oxygen atoms in total. The van der Waals surface area contributed by atoms with Crippen LogP contribution in [0.5, 0.6) is 0 Å². The zero-order valence-corrected chi connectivity index (χ0v) is 12.8. The van der Waals surface area contributed by atoms with Gasteiger partial charge in [0.05, 0.1) is 6.42 Å². The van der Waals surface area contributed by atoms with Crippen LogP contribution >= 0.6 is 23.7 Å². The third kappa shape index (κ3) is 6.41. The predicted octanol–water partition coefficient (Wildman–Crippen LogP) is 3.13. The topological polar surface area (TPSA) is 29.5 Å². The van der Waals surface area contributed by atoms with Gasteiger partial charge in [0.1, 0.15) is 6.61 Å². The van der Waals surface area contributed by atoms with E-state index in [0.717, 1.165) is 25.2 Å². The molecule has 1 saturated heterocycles. The minimum Gasteiger partial charge on any atom is -0.464 e. The number of carbonyl (C=O) groups excluding carboxylic acids is 1. The van der Waals surface area contributed by atoms with Crippen molar-refractivity contribution in [2.24, 2.45) is 0 Å². The molecule has 2 rings (SSSR count). The smallest absolute Gasteiger partial charge is 0.310 e. The summed E-state index contributed by atoms with van der Waals surface area (Å²) in [4.78, 5) is 14.0. The lowest BCUT2D eigenvalue weighted by molar-refractivity contribution is -0.143. The summed E-state index contributed by atoms with van der Waals surface area (Å²) in [6.07, 6.45) is 5.65. The Labute approximate surface area is 125 Å². The second-order valence-corrected chi connectivity index (χ2v) is 5.56. The second-order valence-electron chi connectivity index (χ2n) is 4.78. The fourth-order valence-corrected chi connectivity index (χ4v) is 2.93. The Morgan fingerprint density at radius 1 is 1.26 bits per heavy atom. The molecular weight excluding hydrogens is 282 g/mol. The first-order chi connectivity index (χ1) is 8.84. The average molecular weight is 304 g/mol. The number of hydrogen-bond donors (Lipinski definition) is 0. The lowest BCUT2D eigenvalue weighted by Crippen LogP contribution is -2.29. The summed E-state index contributed by atoms with van der Waals surface area (Å²) in [5.41, 5.74) is 1.06. The number of carbonyl (C=O) groups is 1. The lowest BCUT2D eigenvalue weighted by Gasteiger charge is -2.19. The Balaban J connectivity index is 0.00000180. The maximum atomic E-state index is 11.6. The minimum atomic E-state index is -0.108. The van der Waals surface area contributed by atoms with E-state index in [0.29, 0.717) is 13.0 Å². The molecule has 1 fully saturated rings. The van der Waals surface area contributed by atoms with Crippen molar-refractivity contribution in [3.63, 3.8) is 0 Å². The molecule has 108 valence electrons. The van der Waals surface area contributed by atoms with Gasteiger partial charge in [0.25, 0.3) is 0 Å². The first kappa shape index (κ1) is 16.5. The van der Waals surface area contributed by atoms with Crippen molar-refractivity contribution in [3.8, 4) is 0 Å². The summed E-state index contributed by atoms with van der Waals surface area (Å²) < 4.78 is 5.28. The van der Waals surface area contributed by atoms with E-state index in [1.807, 2.05) is 16.8 Å². The van der Waals surface area contributed by atoms with E-state index in [9.17, 15) is 4.79 Å². The Bertz CT molecular complexity index is 348. The Kier molecular flexibility index (Phi) is 8.10. The van der Waals surface area contributed by atoms with Gasteiger partial charge in [-0.1, -0.05) is 12.8 Å². The van der Waals surface area contributed by atoms with Gasteiger partial charge in [-0.15, -0.1) is 12.4 Å². The lowest BCUT2D eigenvalue weighted by atomic mass is 10.2. The van der Waals surface area contributed by atoms with Gasteiger partial charge in [0, 0.05) is 6.54 Å². The van der Waals surface area contributed by atoms with Crippen molar-refractivity contribution in [1.29, 1.82) is 0 Å². The Morgan fingerprint density at radius 2 is 2.00 bits per heavy atom. The molecule has 0 spiro atoms. The molecule has 0 N–H and O–H groups in total. The van der Waals surface area contributed by atoms with E-state index in [-0.39, 0.29) is 18.4 Å². The zero-order valence-electron chi connectivity index (χ0n) is 11.2. The maximum absolute atomic E-state index is 11.6. The van der Waals surface area contributed by atoms with Crippen molar-refractivity contribution in [1.82, 2.24) is 4.90 Å². The Morgan fingerprint density at radius 3 is 2.63 bits per heavy atom. The molecule has 19 heavy (non-hydrogen) atoms. The highest BCUT2D eigenvalue weighted by Crippen LogP contribution is 2.09. The zero-order chi connectivity index (χ0) is 12.6. The van der Waals surface area contributed by atoms with Crippen molar-refractivity contribution in [2.45, 2.75) is 32.1 Å². The number of esters is 1. The average Bonchev–Trinajstić information content (AvgIpc) is 2.72. The van der Waals surface area contributed by atoms with E-state index in [1.165, 1.54) is 25.7 Å². The van der Waals surface area contributed by atoms with Crippen LogP contribution in [0, 0.1) is 0 Å². The van der Waals surface area contributed by atoms with Gasteiger partial charge in [-0.3, -0.25) is 9.69 Å². The summed E-state index contributed by atoms with van der Waals surface area (Å²) in [5.74, 6) is -0.108. The molecule has 0 atom stereocenters. The molecule has 0 bridgehead atoms. The van der Waals surface area contributed by atoms with Crippen LogP contribution in [0.15, 0.2) is 16.8 Å². The van der Waals surface area contributed by atoms with Gasteiger partial charge in [-0.2, -0.15) is 11.3 Å².